The molecular formula is C17H25FN4O2S. The first-order chi connectivity index (χ1) is 12.1. The van der Waals surface area contributed by atoms with Crippen LogP contribution in [0.2, 0.25) is 0 Å². The summed E-state index contributed by atoms with van der Waals surface area (Å²) in [6, 6.07) is 6.11. The number of benzene rings is 1. The van der Waals surface area contributed by atoms with Crippen molar-refractivity contribution in [3.05, 3.63) is 30.1 Å². The zero-order chi connectivity index (χ0) is 18.1. The predicted octanol–water partition coefficient (Wildman–Crippen LogP) is 1.29. The van der Waals surface area contributed by atoms with Gasteiger partial charge in [-0.1, -0.05) is 0 Å². The van der Waals surface area contributed by atoms with E-state index in [4.69, 9.17) is 17.0 Å². The molecule has 0 spiro atoms. The van der Waals surface area contributed by atoms with Crippen molar-refractivity contribution in [3.63, 3.8) is 0 Å². The average molecular weight is 368 g/mol. The molecule has 6 nitrogen and oxygen atoms in total. The molecular weight excluding hydrogens is 343 g/mol. The van der Waals surface area contributed by atoms with Gasteiger partial charge >= 0.3 is 0 Å². The fourth-order valence-corrected chi connectivity index (χ4v) is 2.85. The van der Waals surface area contributed by atoms with Crippen LogP contribution < -0.4 is 10.6 Å². The van der Waals surface area contributed by atoms with Crippen LogP contribution in [0.3, 0.4) is 0 Å². The van der Waals surface area contributed by atoms with E-state index in [0.717, 1.165) is 38.3 Å². The number of carbonyl (C=O) groups is 1. The minimum Gasteiger partial charge on any atom is -0.385 e. The van der Waals surface area contributed by atoms with E-state index in [1.54, 1.807) is 19.2 Å². The van der Waals surface area contributed by atoms with E-state index in [1.165, 1.54) is 12.1 Å². The summed E-state index contributed by atoms with van der Waals surface area (Å²) in [6.45, 7) is 4.75. The predicted molar refractivity (Wildman–Crippen MR) is 100 cm³/mol. The van der Waals surface area contributed by atoms with Crippen LogP contribution in [-0.4, -0.2) is 73.8 Å². The fourth-order valence-electron chi connectivity index (χ4n) is 2.55. The molecule has 0 saturated carbocycles. The lowest BCUT2D eigenvalue weighted by atomic mass is 10.3. The molecule has 0 unspecified atom stereocenters. The number of ether oxygens (including phenoxy) is 1. The molecule has 2 N–H and O–H groups in total. The average Bonchev–Trinajstić information content (AvgIpc) is 2.61. The number of rotatable bonds is 7. The van der Waals surface area contributed by atoms with Crippen molar-refractivity contribution in [1.82, 2.24) is 15.1 Å². The summed E-state index contributed by atoms with van der Waals surface area (Å²) in [5.41, 5.74) is 0.768. The zero-order valence-electron chi connectivity index (χ0n) is 14.5. The Morgan fingerprint density at radius 3 is 2.56 bits per heavy atom. The molecule has 1 aliphatic rings. The molecule has 0 atom stereocenters. The number of halogens is 1. The second-order valence-electron chi connectivity index (χ2n) is 5.90. The number of hydrogen-bond donors (Lipinski definition) is 2. The third-order valence-electron chi connectivity index (χ3n) is 3.97. The highest BCUT2D eigenvalue weighted by molar-refractivity contribution is 7.80. The number of amides is 1. The summed E-state index contributed by atoms with van der Waals surface area (Å²) >= 11 is 5.41. The first-order valence-electron chi connectivity index (χ1n) is 8.38. The largest absolute Gasteiger partial charge is 0.385 e. The smallest absolute Gasteiger partial charge is 0.234 e. The van der Waals surface area contributed by atoms with Crippen LogP contribution in [0.25, 0.3) is 0 Å². The van der Waals surface area contributed by atoms with Gasteiger partial charge in [0.15, 0.2) is 5.11 Å². The normalized spacial score (nSPS) is 15.0. The number of methoxy groups -OCH3 is 1. The number of hydrogen-bond acceptors (Lipinski definition) is 4. The van der Waals surface area contributed by atoms with Crippen LogP contribution in [0.1, 0.15) is 6.42 Å². The fraction of sp³-hybridized carbons (Fsp3) is 0.529. The van der Waals surface area contributed by atoms with Gasteiger partial charge in [-0.2, -0.15) is 0 Å². The van der Waals surface area contributed by atoms with Crippen molar-refractivity contribution in [2.75, 3.05) is 58.3 Å². The van der Waals surface area contributed by atoms with E-state index < -0.39 is 0 Å². The molecule has 1 aromatic carbocycles. The molecule has 1 amide bonds. The molecule has 25 heavy (non-hydrogen) atoms. The maximum Gasteiger partial charge on any atom is 0.234 e. The Morgan fingerprint density at radius 1 is 1.24 bits per heavy atom. The highest BCUT2D eigenvalue weighted by atomic mass is 32.1. The van der Waals surface area contributed by atoms with E-state index >= 15 is 0 Å². The summed E-state index contributed by atoms with van der Waals surface area (Å²) in [5, 5.41) is 6.63. The quantitative estimate of drug-likeness (QED) is 0.559. The molecule has 8 heteroatoms. The van der Waals surface area contributed by atoms with Gasteiger partial charge in [-0.15, -0.1) is 0 Å². The molecule has 1 heterocycles. The summed E-state index contributed by atoms with van der Waals surface area (Å²) in [6.07, 6.45) is 0.819. The first kappa shape index (κ1) is 19.6. The molecule has 0 radical (unpaired) electrons. The highest BCUT2D eigenvalue weighted by Crippen LogP contribution is 2.10. The van der Waals surface area contributed by atoms with Gasteiger partial charge in [-0.05, 0) is 42.9 Å². The first-order valence-corrected chi connectivity index (χ1v) is 8.79. The van der Waals surface area contributed by atoms with Gasteiger partial charge < -0.3 is 20.3 Å². The summed E-state index contributed by atoms with van der Waals surface area (Å²) in [5.74, 6) is -0.234. The SMILES string of the molecule is COCCCNC(=O)CN1CCN(C(=S)Nc2ccc(F)cc2)CC1. The number of carbonyl (C=O) groups excluding carboxylic acids is 1. The van der Waals surface area contributed by atoms with Crippen molar-refractivity contribution in [2.24, 2.45) is 0 Å². The molecule has 1 fully saturated rings. The standard InChI is InChI=1S/C17H25FN4O2S/c1-24-12-2-7-19-16(23)13-21-8-10-22(11-9-21)17(25)20-15-5-3-14(18)4-6-15/h3-6H,2,7-13H2,1H3,(H,19,23)(H,20,25). The van der Waals surface area contributed by atoms with Gasteiger partial charge in [0, 0.05) is 52.1 Å². The molecule has 0 aliphatic carbocycles. The van der Waals surface area contributed by atoms with Crippen LogP contribution in [0, 0.1) is 5.82 Å². The molecule has 138 valence electrons. The van der Waals surface area contributed by atoms with Gasteiger partial charge in [-0.3, -0.25) is 9.69 Å². The number of nitrogens with one attached hydrogen (secondary N) is 2. The van der Waals surface area contributed by atoms with Crippen LogP contribution in [0.4, 0.5) is 10.1 Å². The Labute approximate surface area is 153 Å². The second-order valence-corrected chi connectivity index (χ2v) is 6.28. The Bertz CT molecular complexity index is 562. The Morgan fingerprint density at radius 2 is 1.92 bits per heavy atom. The van der Waals surface area contributed by atoms with Crippen molar-refractivity contribution in [3.8, 4) is 0 Å². The minimum atomic E-state index is -0.273. The lowest BCUT2D eigenvalue weighted by Gasteiger charge is -2.35. The topological polar surface area (TPSA) is 56.8 Å². The van der Waals surface area contributed by atoms with Crippen molar-refractivity contribution >= 4 is 28.9 Å². The molecule has 0 aromatic heterocycles. The number of nitrogens with zero attached hydrogens (tertiary/aromatic N) is 2. The summed E-state index contributed by atoms with van der Waals surface area (Å²) < 4.78 is 17.9. The lowest BCUT2D eigenvalue weighted by molar-refractivity contribution is -0.122. The maximum atomic E-state index is 12.9. The zero-order valence-corrected chi connectivity index (χ0v) is 15.3. The van der Waals surface area contributed by atoms with Gasteiger partial charge in [0.25, 0.3) is 0 Å². The summed E-state index contributed by atoms with van der Waals surface area (Å²) in [7, 11) is 1.65. The van der Waals surface area contributed by atoms with Crippen molar-refractivity contribution < 1.29 is 13.9 Å². The molecule has 1 aliphatic heterocycles. The van der Waals surface area contributed by atoms with Crippen LogP contribution >= 0.6 is 12.2 Å². The van der Waals surface area contributed by atoms with Crippen molar-refractivity contribution in [1.29, 1.82) is 0 Å². The number of anilines is 1. The number of thiocarbonyl (C=S) groups is 1. The Hall–Kier alpha value is -1.77. The van der Waals surface area contributed by atoms with E-state index in [9.17, 15) is 9.18 Å². The monoisotopic (exact) mass is 368 g/mol. The van der Waals surface area contributed by atoms with Gasteiger partial charge in [-0.25, -0.2) is 4.39 Å². The van der Waals surface area contributed by atoms with E-state index in [1.807, 2.05) is 0 Å². The van der Waals surface area contributed by atoms with E-state index in [2.05, 4.69) is 20.4 Å². The maximum absolute atomic E-state index is 12.9. The van der Waals surface area contributed by atoms with Crippen LogP contribution in [0.15, 0.2) is 24.3 Å². The van der Waals surface area contributed by atoms with Gasteiger partial charge in [0.05, 0.1) is 6.54 Å². The van der Waals surface area contributed by atoms with Gasteiger partial charge in [0.2, 0.25) is 5.91 Å². The second kappa shape index (κ2) is 10.3. The lowest BCUT2D eigenvalue weighted by Crippen LogP contribution is -2.52. The number of piperazine rings is 1. The van der Waals surface area contributed by atoms with Crippen molar-refractivity contribution in [2.45, 2.75) is 6.42 Å². The highest BCUT2D eigenvalue weighted by Gasteiger charge is 2.20. The molecule has 2 rings (SSSR count). The Kier molecular flexibility index (Phi) is 8.03. The van der Waals surface area contributed by atoms with Crippen LogP contribution in [-0.2, 0) is 9.53 Å². The molecule has 0 bridgehead atoms. The molecule has 1 saturated heterocycles. The van der Waals surface area contributed by atoms with E-state index in [-0.39, 0.29) is 11.7 Å². The third kappa shape index (κ3) is 6.93. The summed E-state index contributed by atoms with van der Waals surface area (Å²) in [4.78, 5) is 16.1. The van der Waals surface area contributed by atoms with E-state index in [0.29, 0.717) is 24.8 Å². The van der Waals surface area contributed by atoms with Gasteiger partial charge in [0.1, 0.15) is 5.82 Å². The molecule has 1 aromatic rings. The Balaban J connectivity index is 1.67. The third-order valence-corrected chi connectivity index (χ3v) is 4.33. The van der Waals surface area contributed by atoms with Crippen LogP contribution in [0.5, 0.6) is 0 Å². The minimum absolute atomic E-state index is 0.0385.